The van der Waals surface area contributed by atoms with E-state index in [2.05, 4.69) is 29.8 Å². The molecule has 636 valence electrons. The Morgan fingerprint density at radius 2 is 0.927 bits per heavy atom. The van der Waals surface area contributed by atoms with Crippen LogP contribution in [0.25, 0.3) is 0 Å². The third kappa shape index (κ3) is 30.6. The fraction of sp³-hybridized carbons (Fsp3) is 0.920. The van der Waals surface area contributed by atoms with Gasteiger partial charge < -0.3 is 150 Å². The lowest BCUT2D eigenvalue weighted by molar-refractivity contribution is -0.383. The normalized spacial score (nSPS) is 34.2. The number of aliphatic carboxylic acids is 1. The Labute approximate surface area is 640 Å². The van der Waals surface area contributed by atoms with E-state index in [1.807, 2.05) is 6.08 Å². The Hall–Kier alpha value is -3.42. The zero-order valence-electron chi connectivity index (χ0n) is 64.2. The van der Waals surface area contributed by atoms with Gasteiger partial charge in [-0.25, -0.2) is 4.79 Å². The SMILES string of the molecule is CCCCCCCCCCCCC/C=C/[C@@H](O)[C@H](CO[C@@H]1OC(CO)[C@@H](O[C@@H]2OC(CO)[C@H](O)[C@H](O[C@@H]3OC(CO)[C@@H](O[C@@H]4OC(CO[C@]5(C(=O)O)CC(O)[C@@H](NC(C)=O)C([C@H](O)[C@H](O)CO)O5)[C@H](O)[C@H](O)C4O)[C@H](O)C3NC(C)=O)C2O)[C@H](O)C1O)NC(=O)CCCCCCCCCCCCCCCCCCC. The maximum Gasteiger partial charge on any atom is 0.364 e. The van der Waals surface area contributed by atoms with Crippen LogP contribution in [0.5, 0.6) is 0 Å². The van der Waals surface area contributed by atoms with Gasteiger partial charge in [0.1, 0.15) is 116 Å². The number of amides is 3. The van der Waals surface area contributed by atoms with Gasteiger partial charge in [0.2, 0.25) is 17.7 Å². The second-order valence-electron chi connectivity index (χ2n) is 30.0. The maximum absolute atomic E-state index is 13.5. The first kappa shape index (κ1) is 96.2. The van der Waals surface area contributed by atoms with Crippen LogP contribution in [0.2, 0.25) is 0 Å². The van der Waals surface area contributed by atoms with Crippen LogP contribution >= 0.6 is 0 Å². The Morgan fingerprint density at radius 1 is 0.486 bits per heavy atom. The molecule has 5 heterocycles. The van der Waals surface area contributed by atoms with Gasteiger partial charge in [-0.1, -0.05) is 193 Å². The van der Waals surface area contributed by atoms with E-state index in [-0.39, 0.29) is 12.3 Å². The Morgan fingerprint density at radius 3 is 1.42 bits per heavy atom. The third-order valence-electron chi connectivity index (χ3n) is 21.1. The van der Waals surface area contributed by atoms with E-state index in [1.165, 1.54) is 122 Å². The van der Waals surface area contributed by atoms with E-state index in [1.54, 1.807) is 6.08 Å². The number of aliphatic hydroxyl groups is 16. The van der Waals surface area contributed by atoms with E-state index in [9.17, 15) is 106 Å². The number of carboxylic acids is 1. The van der Waals surface area contributed by atoms with Crippen LogP contribution in [0.1, 0.15) is 227 Å². The summed E-state index contributed by atoms with van der Waals surface area (Å²) in [5, 5.41) is 195. The standard InChI is InChI=1S/C75H135N3O31/c1-5-7-9-11-13-15-17-19-20-21-22-24-26-28-30-32-34-36-54(88)78-46(47(85)35-33-31-29-27-25-23-18-16-14-12-10-8-6-2)42-100-71-64(96)62(94)67(52(41-82)104-71)107-73-65(97)69(59(91)50(39-80)102-73)108-70-56(77-45(4)84)60(92)66(51(40-81)103-70)106-72-63(95)61(93)58(90)53(105-72)43-101-75(74(98)99)37-48(86)55(76-44(3)83)68(109-75)57(89)49(87)38-79/h33,35,46-53,55-73,79-82,85-87,89-97H,5-32,34,36-43H2,1-4H3,(H,76,83)(H,77,84)(H,78,88)(H,98,99)/b35-33+/t46-,47+,48?,49+,50?,51?,52?,53?,55+,56?,57+,58-,59-,60+,61-,62+,63?,64?,65?,66+,67+,68?,69-,70-,71+,72-,73-,75+/m0/s1. The molecule has 0 aromatic heterocycles. The summed E-state index contributed by atoms with van der Waals surface area (Å²) in [6.45, 7) is 0.781. The Kier molecular flexibility index (Phi) is 45.5. The second kappa shape index (κ2) is 51.5. The number of carboxylic acid groups (broad SMARTS) is 1. The van der Waals surface area contributed by atoms with E-state index < -0.39 is 235 Å². The summed E-state index contributed by atoms with van der Waals surface area (Å²) in [4.78, 5) is 51.3. The molecule has 0 aliphatic carbocycles. The minimum atomic E-state index is -2.98. The van der Waals surface area contributed by atoms with E-state index in [0.29, 0.717) is 12.8 Å². The number of hydrogen-bond donors (Lipinski definition) is 20. The monoisotopic (exact) mass is 1570 g/mol. The molecule has 20 N–H and O–H groups in total. The van der Waals surface area contributed by atoms with Crippen molar-refractivity contribution < 1.29 is 153 Å². The fourth-order valence-corrected chi connectivity index (χ4v) is 14.6. The van der Waals surface area contributed by atoms with Gasteiger partial charge >= 0.3 is 5.97 Å². The molecule has 34 nitrogen and oxygen atoms in total. The molecular weight excluding hydrogens is 1440 g/mol. The van der Waals surface area contributed by atoms with Crippen LogP contribution in [0.3, 0.4) is 0 Å². The van der Waals surface area contributed by atoms with Gasteiger partial charge in [0.15, 0.2) is 25.2 Å². The van der Waals surface area contributed by atoms with Crippen LogP contribution in [-0.4, -0.2) is 321 Å². The number of carbonyl (C=O) groups excluding carboxylic acids is 3. The van der Waals surface area contributed by atoms with Crippen molar-refractivity contribution in [1.29, 1.82) is 0 Å². The summed E-state index contributed by atoms with van der Waals surface area (Å²) in [6, 6.07) is -4.50. The number of aliphatic hydroxyl groups excluding tert-OH is 16. The average molecular weight is 1570 g/mol. The molecule has 0 spiro atoms. The lowest BCUT2D eigenvalue weighted by Crippen LogP contribution is -2.70. The molecule has 5 saturated heterocycles. The van der Waals surface area contributed by atoms with Gasteiger partial charge in [-0.05, 0) is 19.3 Å². The summed E-state index contributed by atoms with van der Waals surface area (Å²) in [5.41, 5.74) is 0. The van der Waals surface area contributed by atoms with Crippen LogP contribution in [0.4, 0.5) is 0 Å². The highest BCUT2D eigenvalue weighted by molar-refractivity contribution is 5.77. The minimum absolute atomic E-state index is 0.176. The first-order chi connectivity index (χ1) is 52.2. The van der Waals surface area contributed by atoms with Crippen LogP contribution < -0.4 is 16.0 Å². The lowest BCUT2D eigenvalue weighted by Gasteiger charge is -2.50. The first-order valence-corrected chi connectivity index (χ1v) is 40.1. The number of rotatable bonds is 54. The minimum Gasteiger partial charge on any atom is -0.477 e. The highest BCUT2D eigenvalue weighted by Gasteiger charge is 2.59. The van der Waals surface area contributed by atoms with Crippen molar-refractivity contribution in [1.82, 2.24) is 16.0 Å². The lowest BCUT2D eigenvalue weighted by atomic mass is 9.88. The maximum atomic E-state index is 13.5. The Balaban J connectivity index is 1.22. The number of hydrogen-bond acceptors (Lipinski definition) is 30. The highest BCUT2D eigenvalue weighted by atomic mass is 16.8. The summed E-state index contributed by atoms with van der Waals surface area (Å²) in [7, 11) is 0. The molecule has 0 aromatic carbocycles. The van der Waals surface area contributed by atoms with Crippen molar-refractivity contribution in [3.8, 4) is 0 Å². The van der Waals surface area contributed by atoms with E-state index >= 15 is 0 Å². The molecule has 10 unspecified atom stereocenters. The van der Waals surface area contributed by atoms with Gasteiger partial charge in [-0.15, -0.1) is 0 Å². The number of carbonyl (C=O) groups is 4. The fourth-order valence-electron chi connectivity index (χ4n) is 14.6. The zero-order chi connectivity index (χ0) is 80.2. The van der Waals surface area contributed by atoms with Crippen molar-refractivity contribution in [2.45, 2.75) is 398 Å². The van der Waals surface area contributed by atoms with Crippen LogP contribution in [0.15, 0.2) is 12.2 Å². The number of ether oxygens (including phenoxy) is 10. The van der Waals surface area contributed by atoms with Gasteiger partial charge in [0.05, 0.1) is 63.9 Å². The van der Waals surface area contributed by atoms with Gasteiger partial charge in [0.25, 0.3) is 5.79 Å². The van der Waals surface area contributed by atoms with Gasteiger partial charge in [-0.2, -0.15) is 0 Å². The molecule has 5 fully saturated rings. The topological polar surface area (TPSA) is 541 Å². The summed E-state index contributed by atoms with van der Waals surface area (Å²) in [5.74, 6) is -6.94. The smallest absolute Gasteiger partial charge is 0.364 e. The van der Waals surface area contributed by atoms with Crippen molar-refractivity contribution in [3.63, 3.8) is 0 Å². The van der Waals surface area contributed by atoms with Gasteiger partial charge in [0, 0.05) is 26.7 Å². The molecule has 5 aliphatic heterocycles. The van der Waals surface area contributed by atoms with Crippen molar-refractivity contribution in [2.75, 3.05) is 39.6 Å². The van der Waals surface area contributed by atoms with E-state index in [0.717, 1.165) is 65.2 Å². The molecule has 0 saturated carbocycles. The molecule has 0 radical (unpaired) electrons. The predicted octanol–water partition coefficient (Wildman–Crippen LogP) is -0.262. The third-order valence-corrected chi connectivity index (χ3v) is 21.1. The van der Waals surface area contributed by atoms with Gasteiger partial charge in [-0.3, -0.25) is 14.4 Å². The first-order valence-electron chi connectivity index (χ1n) is 40.1. The number of allylic oxidation sites excluding steroid dienone is 1. The molecule has 0 aromatic rings. The molecule has 34 heteroatoms. The largest absolute Gasteiger partial charge is 0.477 e. The predicted molar refractivity (Wildman–Crippen MR) is 388 cm³/mol. The average Bonchev–Trinajstić information content (AvgIpc) is 0.780. The van der Waals surface area contributed by atoms with Crippen molar-refractivity contribution in [2.24, 2.45) is 0 Å². The quantitative estimate of drug-likeness (QED) is 0.0275. The summed E-state index contributed by atoms with van der Waals surface area (Å²) >= 11 is 0. The molecule has 28 atom stereocenters. The molecule has 5 rings (SSSR count). The van der Waals surface area contributed by atoms with Crippen LogP contribution in [-0.2, 0) is 66.5 Å². The van der Waals surface area contributed by atoms with Crippen molar-refractivity contribution in [3.05, 3.63) is 12.2 Å². The van der Waals surface area contributed by atoms with E-state index in [4.69, 9.17) is 47.4 Å². The molecule has 0 bridgehead atoms. The molecule has 109 heavy (non-hydrogen) atoms. The number of unbranched alkanes of at least 4 members (excludes halogenated alkanes) is 27. The van der Waals surface area contributed by atoms with Crippen molar-refractivity contribution >= 4 is 23.7 Å². The summed E-state index contributed by atoms with van der Waals surface area (Å²) < 4.78 is 58.6. The Bertz CT molecular complexity index is 2540. The summed E-state index contributed by atoms with van der Waals surface area (Å²) in [6.07, 6.45) is -10.7. The second-order valence-corrected chi connectivity index (χ2v) is 30.0. The van der Waals surface area contributed by atoms with Crippen LogP contribution in [0, 0.1) is 0 Å². The number of nitrogens with one attached hydrogen (secondary N) is 3. The molecule has 3 amide bonds. The zero-order valence-corrected chi connectivity index (χ0v) is 64.2. The molecular formula is C75H135N3O31. The highest BCUT2D eigenvalue weighted by Crippen LogP contribution is 2.38. The molecule has 5 aliphatic rings.